The highest BCUT2D eigenvalue weighted by Gasteiger charge is 2.53. The Bertz CT molecular complexity index is 1450. The van der Waals surface area contributed by atoms with E-state index in [1.165, 1.54) is 11.1 Å². The molecule has 3 aromatic carbocycles. The molecule has 3 aromatic rings. The molecule has 0 heterocycles. The van der Waals surface area contributed by atoms with Crippen molar-refractivity contribution in [3.63, 3.8) is 0 Å². The van der Waals surface area contributed by atoms with Gasteiger partial charge in [0.2, 0.25) is 0 Å². The molecule has 0 saturated heterocycles. The Morgan fingerprint density at radius 2 is 0.605 bits per heavy atom. The Kier molecular flexibility index (Phi) is 9.00. The molecule has 0 fully saturated rings. The summed E-state index contributed by atoms with van der Waals surface area (Å²) in [7, 11) is -7.48. The average Bonchev–Trinajstić information content (AvgIpc) is 3.07. The standard InChI is InChI=1S/C39H58Si4/c1-26-27(2)29(4)39(28(26)3)43(36-23-17-20-33(30(36)5)40(8,9)10,37-24-18-21-34(31(37)6)41(11,12)13)38-25-19-22-35(32(38)7)42(14,15)16/h17-25,39H,1-16H3. The van der Waals surface area contributed by atoms with E-state index in [9.17, 15) is 0 Å². The number of hydrogen-bond acceptors (Lipinski definition) is 0. The fraction of sp³-hybridized carbons (Fsp3) is 0.436. The number of benzene rings is 3. The van der Waals surface area contributed by atoms with Gasteiger partial charge < -0.3 is 0 Å². The molecule has 0 saturated carbocycles. The van der Waals surface area contributed by atoms with Crippen LogP contribution in [0.5, 0.6) is 0 Å². The highest BCUT2D eigenvalue weighted by molar-refractivity contribution is 7.14. The van der Waals surface area contributed by atoms with Crippen molar-refractivity contribution in [1.29, 1.82) is 0 Å². The van der Waals surface area contributed by atoms with Gasteiger partial charge in [-0.25, -0.2) is 0 Å². The summed E-state index contributed by atoms with van der Waals surface area (Å²) in [6, 6.07) is 22.3. The van der Waals surface area contributed by atoms with E-state index in [2.05, 4.69) is 162 Å². The quantitative estimate of drug-likeness (QED) is 0.183. The lowest BCUT2D eigenvalue weighted by Crippen LogP contribution is -2.74. The first kappa shape index (κ1) is 33.9. The minimum absolute atomic E-state index is 0.397. The molecule has 1 aliphatic carbocycles. The summed E-state index contributed by atoms with van der Waals surface area (Å²) < 4.78 is 0. The molecule has 1 aliphatic rings. The van der Waals surface area contributed by atoms with Crippen molar-refractivity contribution in [2.75, 3.05) is 0 Å². The van der Waals surface area contributed by atoms with Crippen LogP contribution in [-0.4, -0.2) is 32.3 Å². The molecule has 0 aliphatic heterocycles. The van der Waals surface area contributed by atoms with Crippen molar-refractivity contribution in [2.45, 2.75) is 113 Å². The van der Waals surface area contributed by atoms with Gasteiger partial charge in [-0.3, -0.25) is 0 Å². The predicted octanol–water partition coefficient (Wildman–Crippen LogP) is 7.77. The van der Waals surface area contributed by atoms with Crippen molar-refractivity contribution in [2.24, 2.45) is 0 Å². The van der Waals surface area contributed by atoms with E-state index >= 15 is 0 Å². The zero-order valence-electron chi connectivity index (χ0n) is 30.3. The maximum atomic E-state index is 2.57. The van der Waals surface area contributed by atoms with Gasteiger partial charge in [-0.1, -0.05) is 157 Å². The third-order valence-corrected chi connectivity index (χ3v) is 23.1. The van der Waals surface area contributed by atoms with Crippen molar-refractivity contribution in [3.8, 4) is 0 Å². The summed E-state index contributed by atoms with van der Waals surface area (Å²) in [6.45, 7) is 39.9. The Morgan fingerprint density at radius 1 is 0.372 bits per heavy atom. The van der Waals surface area contributed by atoms with Crippen LogP contribution in [0.2, 0.25) is 64.5 Å². The van der Waals surface area contributed by atoms with E-state index in [0.717, 1.165) is 0 Å². The van der Waals surface area contributed by atoms with Crippen LogP contribution >= 0.6 is 0 Å². The summed E-state index contributed by atoms with van der Waals surface area (Å²) >= 11 is 0. The Hall–Kier alpha value is -1.99. The molecule has 0 atom stereocenters. The van der Waals surface area contributed by atoms with Crippen LogP contribution in [0.15, 0.2) is 76.9 Å². The summed E-state index contributed by atoms with van der Waals surface area (Å²) in [6.07, 6.45) is 0. The molecule has 0 unspecified atom stereocenters. The number of allylic oxidation sites excluding steroid dienone is 4. The van der Waals surface area contributed by atoms with Crippen LogP contribution in [0.1, 0.15) is 44.4 Å². The third-order valence-electron chi connectivity index (χ3n) is 10.7. The van der Waals surface area contributed by atoms with E-state index in [1.807, 2.05) is 0 Å². The van der Waals surface area contributed by atoms with Crippen LogP contribution < -0.4 is 31.1 Å². The average molecular weight is 639 g/mol. The molecule has 230 valence electrons. The summed E-state index contributed by atoms with van der Waals surface area (Å²) in [5, 5.41) is 9.79. The summed E-state index contributed by atoms with van der Waals surface area (Å²) in [5.74, 6) is 0. The van der Waals surface area contributed by atoms with Gasteiger partial charge in [0.25, 0.3) is 0 Å². The van der Waals surface area contributed by atoms with Gasteiger partial charge in [0.1, 0.15) is 0 Å². The second kappa shape index (κ2) is 11.4. The topological polar surface area (TPSA) is 0 Å². The van der Waals surface area contributed by atoms with Crippen LogP contribution in [-0.2, 0) is 0 Å². The summed E-state index contributed by atoms with van der Waals surface area (Å²) in [4.78, 5) is 0. The van der Waals surface area contributed by atoms with Gasteiger partial charge in [-0.05, 0) is 75.2 Å². The normalized spacial score (nSPS) is 15.6. The Morgan fingerprint density at radius 3 is 0.837 bits per heavy atom. The molecule has 0 N–H and O–H groups in total. The van der Waals surface area contributed by atoms with Crippen molar-refractivity contribution < 1.29 is 0 Å². The van der Waals surface area contributed by atoms with Crippen LogP contribution in [0, 0.1) is 20.8 Å². The van der Waals surface area contributed by atoms with Crippen LogP contribution in [0.25, 0.3) is 0 Å². The van der Waals surface area contributed by atoms with Crippen molar-refractivity contribution in [3.05, 3.63) is 93.6 Å². The largest absolute Gasteiger partial charge is 0.160 e. The fourth-order valence-corrected chi connectivity index (χ4v) is 21.3. The molecule has 0 aromatic heterocycles. The van der Waals surface area contributed by atoms with E-state index in [0.29, 0.717) is 5.54 Å². The Labute approximate surface area is 268 Å². The minimum Gasteiger partial charge on any atom is -0.0656 e. The van der Waals surface area contributed by atoms with Gasteiger partial charge in [0.15, 0.2) is 8.07 Å². The lowest BCUT2D eigenvalue weighted by Gasteiger charge is -2.45. The van der Waals surface area contributed by atoms with E-state index in [-0.39, 0.29) is 0 Å². The van der Waals surface area contributed by atoms with Crippen LogP contribution in [0.3, 0.4) is 0 Å². The molecular weight excluding hydrogens is 581 g/mol. The molecule has 0 spiro atoms. The van der Waals surface area contributed by atoms with Gasteiger partial charge in [0, 0.05) is 5.54 Å². The molecule has 4 heteroatoms. The van der Waals surface area contributed by atoms with Gasteiger partial charge >= 0.3 is 0 Å². The highest BCUT2D eigenvalue weighted by atomic mass is 28.3. The maximum Gasteiger partial charge on any atom is 0.160 e. The molecular formula is C39H58Si4. The van der Waals surface area contributed by atoms with Crippen LogP contribution in [0.4, 0.5) is 0 Å². The van der Waals surface area contributed by atoms with E-state index < -0.39 is 32.3 Å². The molecule has 0 bridgehead atoms. The van der Waals surface area contributed by atoms with Crippen molar-refractivity contribution in [1.82, 2.24) is 0 Å². The lowest BCUT2D eigenvalue weighted by molar-refractivity contribution is 1.09. The first-order valence-electron chi connectivity index (χ1n) is 16.3. The smallest absolute Gasteiger partial charge is 0.0656 e. The lowest BCUT2D eigenvalue weighted by atomic mass is 10.1. The maximum absolute atomic E-state index is 2.71. The third kappa shape index (κ3) is 5.55. The zero-order chi connectivity index (χ0) is 32.4. The van der Waals surface area contributed by atoms with Crippen molar-refractivity contribution >= 4 is 63.4 Å². The second-order valence-corrected chi connectivity index (χ2v) is 35.5. The van der Waals surface area contributed by atoms with Gasteiger partial charge in [-0.2, -0.15) is 0 Å². The SMILES string of the molecule is CC1=C(C)C([Si](c2cccc([Si](C)(C)C)c2C)(c2cccc([Si](C)(C)C)c2C)c2cccc([Si](C)(C)C)c2C)C(C)=C1C. The van der Waals surface area contributed by atoms with E-state index in [4.69, 9.17) is 0 Å². The zero-order valence-corrected chi connectivity index (χ0v) is 34.3. The molecule has 0 nitrogen and oxygen atoms in total. The molecule has 0 radical (unpaired) electrons. The Balaban J connectivity index is 2.40. The van der Waals surface area contributed by atoms with Gasteiger partial charge in [-0.15, -0.1) is 0 Å². The molecule has 0 amide bonds. The minimum atomic E-state index is -2.71. The number of hydrogen-bond donors (Lipinski definition) is 0. The summed E-state index contributed by atoms with van der Waals surface area (Å²) in [5.41, 5.74) is 11.3. The molecule has 43 heavy (non-hydrogen) atoms. The van der Waals surface area contributed by atoms with Gasteiger partial charge in [0.05, 0.1) is 24.2 Å². The monoisotopic (exact) mass is 638 g/mol. The van der Waals surface area contributed by atoms with E-state index in [1.54, 1.807) is 59.0 Å². The predicted molar refractivity (Wildman–Crippen MR) is 208 cm³/mol. The highest BCUT2D eigenvalue weighted by Crippen LogP contribution is 2.47. The first-order valence-corrected chi connectivity index (χ1v) is 28.9. The number of rotatable bonds is 7. The second-order valence-electron chi connectivity index (χ2n) is 16.5. The molecule has 4 rings (SSSR count). The first-order chi connectivity index (χ1) is 19.7. The fourth-order valence-electron chi connectivity index (χ4n) is 8.53.